The van der Waals surface area contributed by atoms with E-state index in [0.717, 1.165) is 28.9 Å². The second-order valence-electron chi connectivity index (χ2n) is 4.18. The molecule has 0 amide bonds. The number of hydrogen-bond donors (Lipinski definition) is 1. The van der Waals surface area contributed by atoms with E-state index >= 15 is 0 Å². The fourth-order valence-electron chi connectivity index (χ4n) is 1.65. The molecule has 16 heavy (non-hydrogen) atoms. The number of hydrogen-bond acceptors (Lipinski definition) is 4. The first-order valence-corrected chi connectivity index (χ1v) is 6.37. The molecular weight excluding hydrogens is 220 g/mol. The van der Waals surface area contributed by atoms with Gasteiger partial charge < -0.3 is 9.73 Å². The van der Waals surface area contributed by atoms with Gasteiger partial charge in [0.1, 0.15) is 10.8 Å². The van der Waals surface area contributed by atoms with Crippen molar-refractivity contribution in [3.63, 3.8) is 0 Å². The van der Waals surface area contributed by atoms with Gasteiger partial charge in [0.05, 0.1) is 11.8 Å². The van der Waals surface area contributed by atoms with Gasteiger partial charge in [0.25, 0.3) is 0 Å². The highest BCUT2D eigenvalue weighted by Crippen LogP contribution is 2.29. The largest absolute Gasteiger partial charge is 0.469 e. The topological polar surface area (TPSA) is 38.1 Å². The summed E-state index contributed by atoms with van der Waals surface area (Å²) < 4.78 is 5.29. The maximum absolute atomic E-state index is 5.29. The van der Waals surface area contributed by atoms with Gasteiger partial charge in [-0.3, -0.25) is 0 Å². The van der Waals surface area contributed by atoms with Crippen LogP contribution in [-0.4, -0.2) is 11.0 Å². The zero-order chi connectivity index (χ0) is 11.0. The second-order valence-corrected chi connectivity index (χ2v) is 5.29. The van der Waals surface area contributed by atoms with Gasteiger partial charge in [-0.25, -0.2) is 4.98 Å². The lowest BCUT2D eigenvalue weighted by Gasteiger charge is -1.97. The molecule has 0 atom stereocenters. The Morgan fingerprint density at radius 3 is 3.12 bits per heavy atom. The Morgan fingerprint density at radius 2 is 2.44 bits per heavy atom. The standard InChI is InChI=1S/C12H14N2OS/c1-8-11(4-5-15-8)12-14-7-10(16-12)6-13-9-2-3-9/h4-5,7,9,13H,2-3,6H2,1H3. The molecule has 2 aromatic rings. The third-order valence-electron chi connectivity index (χ3n) is 2.79. The Morgan fingerprint density at radius 1 is 1.56 bits per heavy atom. The van der Waals surface area contributed by atoms with Crippen molar-refractivity contribution in [2.45, 2.75) is 32.4 Å². The average Bonchev–Trinajstić information content (AvgIpc) is 2.82. The van der Waals surface area contributed by atoms with E-state index < -0.39 is 0 Å². The van der Waals surface area contributed by atoms with E-state index in [9.17, 15) is 0 Å². The summed E-state index contributed by atoms with van der Waals surface area (Å²) in [7, 11) is 0. The molecule has 1 N–H and O–H groups in total. The molecule has 1 aliphatic rings. The zero-order valence-electron chi connectivity index (χ0n) is 9.19. The van der Waals surface area contributed by atoms with Gasteiger partial charge in [0, 0.05) is 23.7 Å². The fourth-order valence-corrected chi connectivity index (χ4v) is 2.59. The number of nitrogens with zero attached hydrogens (tertiary/aromatic N) is 1. The van der Waals surface area contributed by atoms with Crippen LogP contribution in [0.5, 0.6) is 0 Å². The maximum Gasteiger partial charge on any atom is 0.127 e. The molecule has 0 saturated heterocycles. The predicted octanol–water partition coefficient (Wildman–Crippen LogP) is 2.96. The van der Waals surface area contributed by atoms with Crippen LogP contribution in [0.15, 0.2) is 22.9 Å². The maximum atomic E-state index is 5.29. The molecule has 1 saturated carbocycles. The Bertz CT molecular complexity index is 485. The first kappa shape index (κ1) is 10.1. The first-order chi connectivity index (χ1) is 7.83. The second kappa shape index (κ2) is 4.03. The van der Waals surface area contributed by atoms with Crippen molar-refractivity contribution in [1.29, 1.82) is 0 Å². The lowest BCUT2D eigenvalue weighted by Crippen LogP contribution is -2.14. The Hall–Kier alpha value is -1.13. The molecule has 0 bridgehead atoms. The summed E-state index contributed by atoms with van der Waals surface area (Å²) in [4.78, 5) is 5.73. The normalized spacial score (nSPS) is 15.6. The highest BCUT2D eigenvalue weighted by Gasteiger charge is 2.20. The van der Waals surface area contributed by atoms with Crippen LogP contribution in [0.3, 0.4) is 0 Å². The average molecular weight is 234 g/mol. The molecule has 3 rings (SSSR count). The predicted molar refractivity (Wildman–Crippen MR) is 64.4 cm³/mol. The molecule has 0 aliphatic heterocycles. The summed E-state index contributed by atoms with van der Waals surface area (Å²) in [5.41, 5.74) is 1.11. The molecule has 1 aliphatic carbocycles. The van der Waals surface area contributed by atoms with E-state index in [1.165, 1.54) is 17.7 Å². The van der Waals surface area contributed by atoms with Crippen LogP contribution >= 0.6 is 11.3 Å². The van der Waals surface area contributed by atoms with Crippen LogP contribution in [0, 0.1) is 6.92 Å². The van der Waals surface area contributed by atoms with Crippen LogP contribution in [0.25, 0.3) is 10.6 Å². The van der Waals surface area contributed by atoms with Gasteiger partial charge in [-0.1, -0.05) is 0 Å². The van der Waals surface area contributed by atoms with Crippen LogP contribution in [0.4, 0.5) is 0 Å². The Kier molecular flexibility index (Phi) is 2.53. The Balaban J connectivity index is 1.74. The van der Waals surface area contributed by atoms with Crippen LogP contribution in [0.2, 0.25) is 0 Å². The molecule has 0 aromatic carbocycles. The van der Waals surface area contributed by atoms with Crippen molar-refractivity contribution in [2.24, 2.45) is 0 Å². The lowest BCUT2D eigenvalue weighted by atomic mass is 10.3. The van der Waals surface area contributed by atoms with Gasteiger partial charge in [0.15, 0.2) is 0 Å². The molecule has 4 heteroatoms. The number of thiazole rings is 1. The van der Waals surface area contributed by atoms with E-state index in [2.05, 4.69) is 10.3 Å². The van der Waals surface area contributed by atoms with Gasteiger partial charge >= 0.3 is 0 Å². The monoisotopic (exact) mass is 234 g/mol. The van der Waals surface area contributed by atoms with Crippen molar-refractivity contribution in [2.75, 3.05) is 0 Å². The van der Waals surface area contributed by atoms with Gasteiger partial charge in [0.2, 0.25) is 0 Å². The van der Waals surface area contributed by atoms with E-state index in [0.29, 0.717) is 0 Å². The highest BCUT2D eigenvalue weighted by atomic mass is 32.1. The van der Waals surface area contributed by atoms with Gasteiger partial charge in [-0.2, -0.15) is 0 Å². The van der Waals surface area contributed by atoms with Crippen LogP contribution in [0.1, 0.15) is 23.5 Å². The summed E-state index contributed by atoms with van der Waals surface area (Å²) in [6.07, 6.45) is 6.33. The molecule has 3 nitrogen and oxygen atoms in total. The van der Waals surface area contributed by atoms with Crippen LogP contribution in [-0.2, 0) is 6.54 Å². The fraction of sp³-hybridized carbons (Fsp3) is 0.417. The minimum absolute atomic E-state index is 0.751. The Labute approximate surface area is 98.5 Å². The van der Waals surface area contributed by atoms with E-state index in [1.54, 1.807) is 17.6 Å². The van der Waals surface area contributed by atoms with E-state index in [4.69, 9.17) is 4.42 Å². The molecule has 0 spiro atoms. The van der Waals surface area contributed by atoms with Crippen molar-refractivity contribution in [3.05, 3.63) is 29.2 Å². The van der Waals surface area contributed by atoms with Crippen LogP contribution < -0.4 is 5.32 Å². The molecule has 0 radical (unpaired) electrons. The molecule has 1 fully saturated rings. The van der Waals surface area contributed by atoms with E-state index in [-0.39, 0.29) is 0 Å². The third-order valence-corrected chi connectivity index (χ3v) is 3.82. The van der Waals surface area contributed by atoms with Gasteiger partial charge in [-0.15, -0.1) is 11.3 Å². The number of rotatable bonds is 4. The summed E-state index contributed by atoms with van der Waals surface area (Å²) in [5.74, 6) is 0.941. The summed E-state index contributed by atoms with van der Waals surface area (Å²) in [6.45, 7) is 2.91. The number of nitrogens with one attached hydrogen (secondary N) is 1. The molecule has 2 heterocycles. The van der Waals surface area contributed by atoms with Crippen molar-refractivity contribution in [1.82, 2.24) is 10.3 Å². The summed E-state index contributed by atoms with van der Waals surface area (Å²) in [6, 6.07) is 2.73. The highest BCUT2D eigenvalue weighted by molar-refractivity contribution is 7.15. The summed E-state index contributed by atoms with van der Waals surface area (Å²) >= 11 is 1.74. The lowest BCUT2D eigenvalue weighted by molar-refractivity contribution is 0.535. The van der Waals surface area contributed by atoms with Gasteiger partial charge in [-0.05, 0) is 25.8 Å². The van der Waals surface area contributed by atoms with E-state index in [1.807, 2.05) is 19.2 Å². The molecular formula is C12H14N2OS. The minimum Gasteiger partial charge on any atom is -0.469 e. The SMILES string of the molecule is Cc1occc1-c1ncc(CNC2CC2)s1. The minimum atomic E-state index is 0.751. The summed E-state index contributed by atoms with van der Waals surface area (Å²) in [5, 5.41) is 4.55. The molecule has 2 aromatic heterocycles. The quantitative estimate of drug-likeness (QED) is 0.883. The van der Waals surface area contributed by atoms with Crippen molar-refractivity contribution < 1.29 is 4.42 Å². The number of aromatic nitrogens is 1. The first-order valence-electron chi connectivity index (χ1n) is 5.55. The zero-order valence-corrected chi connectivity index (χ0v) is 10.0. The number of furan rings is 1. The molecule has 84 valence electrons. The number of aryl methyl sites for hydroxylation is 1. The molecule has 0 unspecified atom stereocenters. The van der Waals surface area contributed by atoms with Crippen molar-refractivity contribution >= 4 is 11.3 Å². The third kappa shape index (κ3) is 2.03. The van der Waals surface area contributed by atoms with Crippen molar-refractivity contribution in [3.8, 4) is 10.6 Å². The smallest absolute Gasteiger partial charge is 0.127 e.